The number of phenols is 1. The van der Waals surface area contributed by atoms with Gasteiger partial charge in [-0.05, 0) is 83.9 Å². The van der Waals surface area contributed by atoms with E-state index in [0.717, 1.165) is 49.7 Å². The number of nitrogens with one attached hydrogen (secondary N) is 1. The molecule has 4 atom stereocenters. The Labute approximate surface area is 211 Å². The van der Waals surface area contributed by atoms with Gasteiger partial charge < -0.3 is 14.4 Å². The zero-order valence-electron chi connectivity index (χ0n) is 22.5. The van der Waals surface area contributed by atoms with Crippen molar-refractivity contribution >= 4 is 13.5 Å². The molecule has 0 fully saturated rings. The molecule has 196 valence electrons. The smallest absolute Gasteiger partial charge is 0.323 e. The summed E-state index contributed by atoms with van der Waals surface area (Å²) >= 11 is 0. The topological polar surface area (TPSA) is 84.9 Å². The maximum atomic E-state index is 13.5. The molecule has 2 rings (SSSR count). The zero-order valence-corrected chi connectivity index (χ0v) is 23.4. The van der Waals surface area contributed by atoms with Gasteiger partial charge in [-0.15, -0.1) is 0 Å². The maximum absolute atomic E-state index is 13.5. The van der Waals surface area contributed by atoms with Gasteiger partial charge in [0, 0.05) is 18.1 Å². The monoisotopic (exact) mass is 505 g/mol. The molecule has 1 aliphatic carbocycles. The molecule has 1 aromatic rings. The molecule has 7 heteroatoms. The molecule has 0 spiro atoms. The number of rotatable bonds is 12. The number of esters is 1. The lowest BCUT2D eigenvalue weighted by atomic mass is 9.73. The number of carbonyl (C=O) groups excluding carboxylic acids is 1. The summed E-state index contributed by atoms with van der Waals surface area (Å²) in [6.45, 7) is 17.0. The molecular weight excluding hydrogens is 461 g/mol. The standard InChI is InChI=1S/C28H44NO5P/c1-9-10-11-12-22-16-25(30)27(24-15-20(6)13-14-23(24)18(2)3)26(17-22)34-35(8,32)29-21(7)28(31)33-19(4)5/h15-17,19,21,23-24,30H,2,9-14H2,1,3-8H3,(H,29,32)/t21-,23?,24?,35?/m0/s1. The first-order valence-corrected chi connectivity index (χ1v) is 14.9. The van der Waals surface area contributed by atoms with Crippen LogP contribution in [0.15, 0.2) is 35.9 Å². The van der Waals surface area contributed by atoms with Crippen LogP contribution in [0.5, 0.6) is 11.5 Å². The van der Waals surface area contributed by atoms with Crippen molar-refractivity contribution in [2.75, 3.05) is 6.66 Å². The molecule has 35 heavy (non-hydrogen) atoms. The molecule has 0 radical (unpaired) electrons. The molecule has 3 unspecified atom stereocenters. The highest BCUT2D eigenvalue weighted by molar-refractivity contribution is 7.56. The highest BCUT2D eigenvalue weighted by Crippen LogP contribution is 2.50. The number of ether oxygens (including phenoxy) is 1. The van der Waals surface area contributed by atoms with E-state index in [2.05, 4.69) is 31.6 Å². The van der Waals surface area contributed by atoms with Gasteiger partial charge in [0.2, 0.25) is 0 Å². The molecule has 1 aromatic carbocycles. The summed E-state index contributed by atoms with van der Waals surface area (Å²) in [5, 5.41) is 14.0. The average molecular weight is 506 g/mol. The van der Waals surface area contributed by atoms with Crippen molar-refractivity contribution in [1.29, 1.82) is 0 Å². The molecule has 0 amide bonds. The van der Waals surface area contributed by atoms with Crippen LogP contribution in [0.1, 0.15) is 90.7 Å². The third kappa shape index (κ3) is 8.54. The Bertz CT molecular complexity index is 984. The quantitative estimate of drug-likeness (QED) is 0.134. The summed E-state index contributed by atoms with van der Waals surface area (Å²) in [6.07, 6.45) is 7.77. The first kappa shape index (κ1) is 29.2. The van der Waals surface area contributed by atoms with E-state index in [-0.39, 0.29) is 23.7 Å². The summed E-state index contributed by atoms with van der Waals surface area (Å²) in [5.74, 6) is 0.0477. The van der Waals surface area contributed by atoms with Crippen molar-refractivity contribution in [3.63, 3.8) is 0 Å². The maximum Gasteiger partial charge on any atom is 0.323 e. The van der Waals surface area contributed by atoms with E-state index in [9.17, 15) is 14.5 Å². The average Bonchev–Trinajstić information content (AvgIpc) is 2.72. The lowest BCUT2D eigenvalue weighted by Crippen LogP contribution is -2.35. The summed E-state index contributed by atoms with van der Waals surface area (Å²) in [5.41, 5.74) is 3.84. The van der Waals surface area contributed by atoms with Gasteiger partial charge in [0.15, 0.2) is 0 Å². The van der Waals surface area contributed by atoms with Gasteiger partial charge >= 0.3 is 13.5 Å². The van der Waals surface area contributed by atoms with Crippen molar-refractivity contribution < 1.29 is 23.7 Å². The lowest BCUT2D eigenvalue weighted by Gasteiger charge is -2.33. The van der Waals surface area contributed by atoms with Crippen LogP contribution in [0.4, 0.5) is 0 Å². The molecule has 6 nitrogen and oxygen atoms in total. The Hall–Kier alpha value is -2.04. The first-order chi connectivity index (χ1) is 16.3. The van der Waals surface area contributed by atoms with Crippen molar-refractivity contribution in [2.45, 2.75) is 98.1 Å². The second-order valence-electron chi connectivity index (χ2n) is 10.3. The van der Waals surface area contributed by atoms with Crippen LogP contribution < -0.4 is 9.61 Å². The highest BCUT2D eigenvalue weighted by atomic mass is 31.2. The van der Waals surface area contributed by atoms with Crippen LogP contribution in [0.2, 0.25) is 0 Å². The molecule has 0 saturated carbocycles. The van der Waals surface area contributed by atoms with Gasteiger partial charge in [-0.3, -0.25) is 9.36 Å². The predicted molar refractivity (Wildman–Crippen MR) is 143 cm³/mol. The summed E-state index contributed by atoms with van der Waals surface area (Å²) in [7, 11) is -3.48. The van der Waals surface area contributed by atoms with E-state index >= 15 is 0 Å². The molecule has 1 aliphatic rings. The Balaban J connectivity index is 2.47. The molecule has 0 bridgehead atoms. The van der Waals surface area contributed by atoms with Gasteiger partial charge in [0.25, 0.3) is 0 Å². The van der Waals surface area contributed by atoms with E-state index in [0.29, 0.717) is 11.3 Å². The predicted octanol–water partition coefficient (Wildman–Crippen LogP) is 7.27. The van der Waals surface area contributed by atoms with Gasteiger partial charge in [-0.2, -0.15) is 0 Å². The second kappa shape index (κ2) is 12.8. The van der Waals surface area contributed by atoms with Gasteiger partial charge in [-0.25, -0.2) is 5.09 Å². The van der Waals surface area contributed by atoms with E-state index < -0.39 is 19.5 Å². The summed E-state index contributed by atoms with van der Waals surface area (Å²) in [6, 6.07) is 2.90. The van der Waals surface area contributed by atoms with Crippen LogP contribution in [-0.2, 0) is 20.5 Å². The largest absolute Gasteiger partial charge is 0.507 e. The Morgan fingerprint density at radius 3 is 2.57 bits per heavy atom. The van der Waals surface area contributed by atoms with Crippen LogP contribution in [0, 0.1) is 5.92 Å². The SMILES string of the molecule is C=C(C)C1CCC(C)=CC1c1c(O)cc(CCCCC)cc1OP(C)(=O)N[C@@H](C)C(=O)OC(C)C. The first-order valence-electron chi connectivity index (χ1n) is 12.8. The Morgan fingerprint density at radius 2 is 1.97 bits per heavy atom. The van der Waals surface area contributed by atoms with Gasteiger partial charge in [0.1, 0.15) is 17.5 Å². The van der Waals surface area contributed by atoms with Crippen molar-refractivity contribution in [2.24, 2.45) is 5.92 Å². The number of unbranched alkanes of at least 4 members (excludes halogenated alkanes) is 2. The normalized spacial score (nSPS) is 20.6. The minimum absolute atomic E-state index is 0.135. The zero-order chi connectivity index (χ0) is 26.3. The van der Waals surface area contributed by atoms with Gasteiger partial charge in [0.05, 0.1) is 6.10 Å². The third-order valence-electron chi connectivity index (χ3n) is 6.37. The molecular formula is C28H44NO5P. The van der Waals surface area contributed by atoms with E-state index in [1.54, 1.807) is 20.8 Å². The molecule has 0 heterocycles. The minimum Gasteiger partial charge on any atom is -0.507 e. The lowest BCUT2D eigenvalue weighted by molar-refractivity contribution is -0.149. The fourth-order valence-electron chi connectivity index (χ4n) is 4.66. The van der Waals surface area contributed by atoms with Crippen LogP contribution in [0.3, 0.4) is 0 Å². The van der Waals surface area contributed by atoms with Crippen LogP contribution in [-0.4, -0.2) is 29.9 Å². The number of benzene rings is 1. The van der Waals surface area contributed by atoms with Crippen LogP contribution in [0.25, 0.3) is 0 Å². The minimum atomic E-state index is -3.48. The molecule has 0 aliphatic heterocycles. The number of aromatic hydroxyl groups is 1. The van der Waals surface area contributed by atoms with E-state index in [1.165, 1.54) is 12.2 Å². The highest BCUT2D eigenvalue weighted by Gasteiger charge is 2.33. The number of carbonyl (C=O) groups is 1. The number of hydrogen-bond acceptors (Lipinski definition) is 5. The van der Waals surface area contributed by atoms with E-state index in [4.69, 9.17) is 9.26 Å². The number of hydrogen-bond donors (Lipinski definition) is 2. The second-order valence-corrected chi connectivity index (χ2v) is 12.4. The van der Waals surface area contributed by atoms with Crippen molar-refractivity contribution in [3.05, 3.63) is 47.1 Å². The molecule has 2 N–H and O–H groups in total. The molecule has 0 aromatic heterocycles. The summed E-state index contributed by atoms with van der Waals surface area (Å²) in [4.78, 5) is 12.3. The number of aryl methyl sites for hydroxylation is 1. The van der Waals surface area contributed by atoms with Gasteiger partial charge in [-0.1, -0.05) is 43.6 Å². The Kier molecular flexibility index (Phi) is 10.7. The van der Waals surface area contributed by atoms with Crippen molar-refractivity contribution in [1.82, 2.24) is 5.09 Å². The van der Waals surface area contributed by atoms with Crippen LogP contribution >= 0.6 is 7.52 Å². The van der Waals surface area contributed by atoms with Crippen molar-refractivity contribution in [3.8, 4) is 11.5 Å². The summed E-state index contributed by atoms with van der Waals surface area (Å²) < 4.78 is 24.9. The fourth-order valence-corrected chi connectivity index (χ4v) is 6.05. The van der Waals surface area contributed by atoms with E-state index in [1.807, 2.05) is 19.1 Å². The number of phenolic OH excluding ortho intramolecular Hbond substituents is 1. The number of allylic oxidation sites excluding steroid dienone is 3. The third-order valence-corrected chi connectivity index (χ3v) is 7.77. The molecule has 0 saturated heterocycles. The Morgan fingerprint density at radius 1 is 1.29 bits per heavy atom. The fraction of sp³-hybridized carbons (Fsp3) is 0.607.